The van der Waals surface area contributed by atoms with Crippen LogP contribution >= 0.6 is 0 Å². The van der Waals surface area contributed by atoms with Crippen molar-refractivity contribution in [2.45, 2.75) is 30.8 Å². The third-order valence-electron chi connectivity index (χ3n) is 12.2. The Hall–Kier alpha value is -6.94. The number of nitro groups is 1. The number of rotatable bonds is 8. The first-order valence-corrected chi connectivity index (χ1v) is 18.9. The first-order valence-electron chi connectivity index (χ1n) is 18.9. The number of allylic oxidation sites excluding steroid dienone is 4. The number of non-ortho nitro benzene ring substituents is 1. The van der Waals surface area contributed by atoms with E-state index in [0.29, 0.717) is 28.0 Å². The van der Waals surface area contributed by atoms with Crippen molar-refractivity contribution in [2.75, 3.05) is 4.90 Å². The van der Waals surface area contributed by atoms with E-state index in [1.807, 2.05) is 72.8 Å². The van der Waals surface area contributed by atoms with E-state index in [-0.39, 0.29) is 53.7 Å². The van der Waals surface area contributed by atoms with Crippen LogP contribution in [0.15, 0.2) is 151 Å². The largest absolute Gasteiger partial charge is 0.508 e. The van der Waals surface area contributed by atoms with E-state index >= 15 is 9.59 Å². The second-order valence-corrected chi connectivity index (χ2v) is 15.1. The highest BCUT2D eigenvalue weighted by atomic mass is 16.6. The number of ketones is 2. The Balaban J connectivity index is 1.22. The second kappa shape index (κ2) is 14.0. The van der Waals surface area contributed by atoms with Gasteiger partial charge in [-0.1, -0.05) is 115 Å². The molecule has 0 radical (unpaired) electrons. The Kier molecular flexibility index (Phi) is 8.76. The number of Topliss-reactive ketones (excluding diaryl/α,β-unsaturated/α-hetero) is 1. The van der Waals surface area contributed by atoms with Crippen molar-refractivity contribution in [3.63, 3.8) is 0 Å². The summed E-state index contributed by atoms with van der Waals surface area (Å²) in [5.41, 5.74) is 1.76. The summed E-state index contributed by atoms with van der Waals surface area (Å²) in [5.74, 6) is -5.64. The number of fused-ring (bicyclic) bond motifs is 4. The van der Waals surface area contributed by atoms with Crippen molar-refractivity contribution >= 4 is 40.3 Å². The molecular formula is C47H36N2O8. The van der Waals surface area contributed by atoms with Gasteiger partial charge < -0.3 is 9.84 Å². The van der Waals surface area contributed by atoms with Crippen LogP contribution in [0.4, 0.5) is 11.4 Å². The van der Waals surface area contributed by atoms with Gasteiger partial charge in [0.05, 0.1) is 27.9 Å². The van der Waals surface area contributed by atoms with Gasteiger partial charge in [-0.25, -0.2) is 4.90 Å². The van der Waals surface area contributed by atoms with Crippen LogP contribution in [0.5, 0.6) is 11.5 Å². The van der Waals surface area contributed by atoms with E-state index in [2.05, 4.69) is 0 Å². The number of phenolic OH excluding ortho intramolecular Hbond substituents is 1. The standard InChI is InChI=1S/C47H36N2O8/c50-40-24-33(57-27-28-11-4-1-5-12-28)19-20-35(40)43-34-21-22-36-42(46(54)48(45(36)53)31-17-10-18-32(23-31)49(55)56)38(34)25-39-44(52)37(29-13-6-2-7-14-29)26-41(51)47(39,43)30-15-8-3-9-16-30/h1-21,23-24,26,36,38-39,42-43,50H,22,25,27H2/t36-,38+,39-,42-,43+,47-/m0/s1. The van der Waals surface area contributed by atoms with Crippen LogP contribution in [0, 0.1) is 33.8 Å². The van der Waals surface area contributed by atoms with Gasteiger partial charge in [-0.15, -0.1) is 0 Å². The number of benzene rings is 5. The first-order chi connectivity index (χ1) is 27.7. The number of hydrogen-bond acceptors (Lipinski definition) is 8. The van der Waals surface area contributed by atoms with Crippen molar-refractivity contribution in [3.05, 3.63) is 184 Å². The van der Waals surface area contributed by atoms with Gasteiger partial charge in [0.1, 0.15) is 18.1 Å². The Morgan fingerprint density at radius 2 is 1.49 bits per heavy atom. The summed E-state index contributed by atoms with van der Waals surface area (Å²) < 4.78 is 6.06. The molecule has 1 aliphatic heterocycles. The lowest BCUT2D eigenvalue weighted by Crippen LogP contribution is -2.58. The summed E-state index contributed by atoms with van der Waals surface area (Å²) in [6.07, 6.45) is 3.58. The van der Waals surface area contributed by atoms with E-state index in [9.17, 15) is 24.8 Å². The van der Waals surface area contributed by atoms with Gasteiger partial charge in [-0.05, 0) is 53.7 Å². The van der Waals surface area contributed by atoms with Gasteiger partial charge in [0, 0.05) is 41.2 Å². The SMILES string of the molecule is O=C1C(c2ccccc2)=CC(=O)[C@@]2(c3ccccc3)[C@@H](c3ccc(OCc4ccccc4)cc3O)C3=CC[C@@H]4C(=O)N(c5cccc([N+](=O)[O-])c5)C(=O)[C@@H]4[C@@H]3C[C@@H]12. The van der Waals surface area contributed by atoms with Crippen molar-refractivity contribution in [3.8, 4) is 11.5 Å². The summed E-state index contributed by atoms with van der Waals surface area (Å²) in [6.45, 7) is 0.257. The van der Waals surface area contributed by atoms with E-state index in [1.165, 1.54) is 36.4 Å². The molecular weight excluding hydrogens is 721 g/mol. The Labute approximate surface area is 327 Å². The molecule has 1 saturated heterocycles. The molecule has 0 aromatic heterocycles. The number of hydrogen-bond donors (Lipinski definition) is 1. The fourth-order valence-corrected chi connectivity index (χ4v) is 9.82. The Morgan fingerprint density at radius 3 is 2.19 bits per heavy atom. The van der Waals surface area contributed by atoms with E-state index in [1.54, 1.807) is 36.4 Å². The molecule has 282 valence electrons. The van der Waals surface area contributed by atoms with Crippen LogP contribution in [-0.2, 0) is 31.2 Å². The number of ether oxygens (including phenoxy) is 1. The Bertz CT molecular complexity index is 2530. The number of nitro benzene ring substituents is 1. The molecule has 0 unspecified atom stereocenters. The minimum absolute atomic E-state index is 0.0774. The molecule has 0 spiro atoms. The van der Waals surface area contributed by atoms with E-state index in [0.717, 1.165) is 10.5 Å². The molecule has 57 heavy (non-hydrogen) atoms. The predicted molar refractivity (Wildman–Crippen MR) is 211 cm³/mol. The predicted octanol–water partition coefficient (Wildman–Crippen LogP) is 7.91. The molecule has 9 rings (SSSR count). The van der Waals surface area contributed by atoms with Crippen LogP contribution in [0.2, 0.25) is 0 Å². The topological polar surface area (TPSA) is 144 Å². The van der Waals surface area contributed by atoms with Gasteiger partial charge in [0.25, 0.3) is 5.69 Å². The molecule has 5 aromatic rings. The molecule has 10 nitrogen and oxygen atoms in total. The summed E-state index contributed by atoms with van der Waals surface area (Å²) in [4.78, 5) is 71.4. The molecule has 3 aliphatic carbocycles. The summed E-state index contributed by atoms with van der Waals surface area (Å²) in [7, 11) is 0. The zero-order chi connectivity index (χ0) is 39.4. The summed E-state index contributed by atoms with van der Waals surface area (Å²) in [5, 5.41) is 23.7. The second-order valence-electron chi connectivity index (χ2n) is 15.1. The van der Waals surface area contributed by atoms with Crippen molar-refractivity contribution in [1.29, 1.82) is 0 Å². The smallest absolute Gasteiger partial charge is 0.271 e. The zero-order valence-electron chi connectivity index (χ0n) is 30.6. The number of amides is 2. The van der Waals surface area contributed by atoms with Crippen LogP contribution in [0.25, 0.3) is 5.57 Å². The molecule has 1 heterocycles. The molecule has 5 aromatic carbocycles. The molecule has 1 N–H and O–H groups in total. The van der Waals surface area contributed by atoms with Crippen LogP contribution in [-0.4, -0.2) is 33.4 Å². The van der Waals surface area contributed by atoms with Gasteiger partial charge in [-0.2, -0.15) is 0 Å². The number of anilines is 1. The van der Waals surface area contributed by atoms with Crippen LogP contribution in [0.1, 0.15) is 41.0 Å². The fraction of sp³-hybridized carbons (Fsp3) is 0.191. The monoisotopic (exact) mass is 756 g/mol. The average molecular weight is 757 g/mol. The van der Waals surface area contributed by atoms with Crippen molar-refractivity contribution in [1.82, 2.24) is 0 Å². The highest BCUT2D eigenvalue weighted by Gasteiger charge is 2.66. The van der Waals surface area contributed by atoms with Gasteiger partial charge in [-0.3, -0.25) is 29.3 Å². The maximum atomic E-state index is 15.3. The molecule has 2 amide bonds. The quantitative estimate of drug-likeness (QED) is 0.0728. The van der Waals surface area contributed by atoms with Gasteiger partial charge in [0.2, 0.25) is 11.8 Å². The summed E-state index contributed by atoms with van der Waals surface area (Å²) in [6, 6.07) is 38.1. The highest BCUT2D eigenvalue weighted by Crippen LogP contribution is 2.64. The van der Waals surface area contributed by atoms with Crippen LogP contribution < -0.4 is 9.64 Å². The molecule has 1 saturated carbocycles. The normalized spacial score (nSPS) is 25.2. The third kappa shape index (κ3) is 5.70. The van der Waals surface area contributed by atoms with Gasteiger partial charge in [0.15, 0.2) is 11.6 Å². The lowest BCUT2D eigenvalue weighted by Gasteiger charge is -2.55. The number of imide groups is 1. The number of aromatic hydroxyl groups is 1. The van der Waals surface area contributed by atoms with Crippen molar-refractivity contribution < 1.29 is 33.9 Å². The maximum Gasteiger partial charge on any atom is 0.271 e. The molecule has 10 heteroatoms. The lowest BCUT2D eigenvalue weighted by molar-refractivity contribution is -0.384. The number of nitrogens with zero attached hydrogens (tertiary/aromatic N) is 2. The molecule has 0 bridgehead atoms. The number of carbonyl (C=O) groups is 4. The van der Waals surface area contributed by atoms with E-state index in [4.69, 9.17) is 4.74 Å². The Morgan fingerprint density at radius 1 is 0.789 bits per heavy atom. The van der Waals surface area contributed by atoms with Crippen molar-refractivity contribution in [2.24, 2.45) is 23.7 Å². The molecule has 6 atom stereocenters. The molecule has 2 fully saturated rings. The lowest BCUT2D eigenvalue weighted by atomic mass is 9.44. The maximum absolute atomic E-state index is 15.3. The minimum Gasteiger partial charge on any atom is -0.508 e. The fourth-order valence-electron chi connectivity index (χ4n) is 9.82. The van der Waals surface area contributed by atoms with Crippen LogP contribution in [0.3, 0.4) is 0 Å². The third-order valence-corrected chi connectivity index (χ3v) is 12.2. The minimum atomic E-state index is -1.53. The highest BCUT2D eigenvalue weighted by molar-refractivity contribution is 6.32. The molecule has 4 aliphatic rings. The zero-order valence-corrected chi connectivity index (χ0v) is 30.6. The average Bonchev–Trinajstić information content (AvgIpc) is 3.50. The first kappa shape index (κ1) is 35.7. The summed E-state index contributed by atoms with van der Waals surface area (Å²) >= 11 is 0. The van der Waals surface area contributed by atoms with E-state index < -0.39 is 51.7 Å². The number of phenols is 1. The number of carbonyl (C=O) groups excluding carboxylic acids is 4. The van der Waals surface area contributed by atoms with Gasteiger partial charge >= 0.3 is 0 Å².